The van der Waals surface area contributed by atoms with Crippen molar-refractivity contribution < 1.29 is 19.0 Å². The van der Waals surface area contributed by atoms with E-state index in [1.807, 2.05) is 37.3 Å². The highest BCUT2D eigenvalue weighted by molar-refractivity contribution is 6.15. The predicted molar refractivity (Wildman–Crippen MR) is 117 cm³/mol. The van der Waals surface area contributed by atoms with Gasteiger partial charge in [0.2, 0.25) is 0 Å². The zero-order chi connectivity index (χ0) is 22.0. The molecule has 0 aromatic heterocycles. The van der Waals surface area contributed by atoms with Crippen LogP contribution in [0.1, 0.15) is 61.3 Å². The molecule has 160 valence electrons. The average molecular weight is 418 g/mol. The summed E-state index contributed by atoms with van der Waals surface area (Å²) in [5.74, 6) is 1.26. The Balaban J connectivity index is 1.82. The van der Waals surface area contributed by atoms with Gasteiger partial charge in [0.25, 0.3) is 0 Å². The van der Waals surface area contributed by atoms with Gasteiger partial charge in [0.1, 0.15) is 6.10 Å². The second kappa shape index (κ2) is 8.81. The molecule has 3 unspecified atom stereocenters. The molecule has 0 spiro atoms. The van der Waals surface area contributed by atoms with Crippen molar-refractivity contribution in [3.63, 3.8) is 0 Å². The minimum Gasteiger partial charge on any atom is -0.493 e. The number of esters is 1. The van der Waals surface area contributed by atoms with Crippen molar-refractivity contribution in [2.45, 2.75) is 51.2 Å². The van der Waals surface area contributed by atoms with Crippen LogP contribution >= 0.6 is 0 Å². The summed E-state index contributed by atoms with van der Waals surface area (Å²) in [6.07, 6.45) is 2.28. The molecule has 1 heterocycles. The number of hydrogen-bond donors (Lipinski definition) is 0. The molecule has 6 heteroatoms. The predicted octanol–water partition coefficient (Wildman–Crippen LogP) is 4.38. The van der Waals surface area contributed by atoms with E-state index in [1.165, 1.54) is 6.92 Å². The van der Waals surface area contributed by atoms with Crippen molar-refractivity contribution in [1.29, 1.82) is 5.26 Å². The Bertz CT molecular complexity index is 1050. The lowest BCUT2D eigenvalue weighted by molar-refractivity contribution is -0.148. The van der Waals surface area contributed by atoms with Crippen molar-refractivity contribution >= 4 is 11.7 Å². The molecule has 2 aromatic rings. The highest BCUT2D eigenvalue weighted by Gasteiger charge is 2.38. The van der Waals surface area contributed by atoms with E-state index in [1.54, 1.807) is 7.11 Å². The maximum Gasteiger partial charge on any atom is 0.302 e. The van der Waals surface area contributed by atoms with Gasteiger partial charge >= 0.3 is 5.97 Å². The summed E-state index contributed by atoms with van der Waals surface area (Å²) >= 11 is 0. The number of rotatable bonds is 5. The first-order chi connectivity index (χ1) is 15.0. The van der Waals surface area contributed by atoms with E-state index in [4.69, 9.17) is 24.5 Å². The fraction of sp³-hybridized carbons (Fsp3) is 0.400. The minimum atomic E-state index is -0.244. The van der Waals surface area contributed by atoms with Gasteiger partial charge in [-0.3, -0.25) is 9.79 Å². The first-order valence-electron chi connectivity index (χ1n) is 10.6. The van der Waals surface area contributed by atoms with E-state index in [9.17, 15) is 4.79 Å². The summed E-state index contributed by atoms with van der Waals surface area (Å²) in [4.78, 5) is 16.7. The van der Waals surface area contributed by atoms with Gasteiger partial charge in [-0.25, -0.2) is 0 Å². The molecule has 6 nitrogen and oxygen atoms in total. The molecule has 31 heavy (non-hydrogen) atoms. The zero-order valence-electron chi connectivity index (χ0n) is 18.1. The Labute approximate surface area is 182 Å². The van der Waals surface area contributed by atoms with Gasteiger partial charge in [0.15, 0.2) is 11.5 Å². The molecule has 0 amide bonds. The van der Waals surface area contributed by atoms with Crippen LogP contribution < -0.4 is 9.47 Å². The maximum atomic E-state index is 11.5. The van der Waals surface area contributed by atoms with Gasteiger partial charge in [-0.05, 0) is 56.0 Å². The summed E-state index contributed by atoms with van der Waals surface area (Å²) in [6, 6.07) is 13.8. The first kappa shape index (κ1) is 20.9. The standard InChI is InChI=1S/C25H26N2O4/c1-4-30-24-12-19-20-11-18(31-15(2)28)9-10-22(20)27-25(21(19)13-23(24)29-3)17-7-5-16(14-26)6-8-17/h5-8,12-13,18,20,22H,4,9-11H2,1-3H3. The summed E-state index contributed by atoms with van der Waals surface area (Å²) in [5, 5.41) is 9.14. The number of carbonyl (C=O) groups is 1. The molecular formula is C25H26N2O4. The number of carbonyl (C=O) groups excluding carboxylic acids is 1. The summed E-state index contributed by atoms with van der Waals surface area (Å²) in [5.41, 5.74) is 4.61. The van der Waals surface area contributed by atoms with Crippen LogP contribution in [0.5, 0.6) is 11.5 Å². The molecule has 1 aliphatic carbocycles. The smallest absolute Gasteiger partial charge is 0.302 e. The van der Waals surface area contributed by atoms with Crippen LogP contribution in [0.2, 0.25) is 0 Å². The lowest BCUT2D eigenvalue weighted by Crippen LogP contribution is -2.36. The normalized spacial score (nSPS) is 21.7. The number of hydrogen-bond acceptors (Lipinski definition) is 6. The number of nitriles is 1. The highest BCUT2D eigenvalue weighted by Crippen LogP contribution is 2.45. The molecule has 4 rings (SSSR count). The van der Waals surface area contributed by atoms with E-state index in [-0.39, 0.29) is 24.0 Å². The minimum absolute atomic E-state index is 0.101. The van der Waals surface area contributed by atoms with Gasteiger partial charge in [-0.1, -0.05) is 12.1 Å². The monoisotopic (exact) mass is 418 g/mol. The molecule has 0 radical (unpaired) electrons. The van der Waals surface area contributed by atoms with E-state index in [0.717, 1.165) is 41.7 Å². The van der Waals surface area contributed by atoms with Crippen molar-refractivity contribution in [3.8, 4) is 17.6 Å². The number of methoxy groups -OCH3 is 1. The van der Waals surface area contributed by atoms with Crippen LogP contribution in [-0.4, -0.2) is 37.5 Å². The topological polar surface area (TPSA) is 80.9 Å². The van der Waals surface area contributed by atoms with E-state index >= 15 is 0 Å². The highest BCUT2D eigenvalue weighted by atomic mass is 16.5. The Kier molecular flexibility index (Phi) is 5.94. The second-order valence-corrected chi connectivity index (χ2v) is 7.91. The van der Waals surface area contributed by atoms with Gasteiger partial charge in [-0.2, -0.15) is 5.26 Å². The Morgan fingerprint density at radius 1 is 1.19 bits per heavy atom. The van der Waals surface area contributed by atoms with Gasteiger partial charge in [0.05, 0.1) is 37.1 Å². The molecular weight excluding hydrogens is 392 g/mol. The van der Waals surface area contributed by atoms with Crippen LogP contribution in [0.3, 0.4) is 0 Å². The third-order valence-corrected chi connectivity index (χ3v) is 5.97. The Hall–Kier alpha value is -3.33. The Morgan fingerprint density at radius 2 is 1.97 bits per heavy atom. The van der Waals surface area contributed by atoms with Crippen LogP contribution in [-0.2, 0) is 9.53 Å². The molecule has 0 N–H and O–H groups in total. The van der Waals surface area contributed by atoms with Crippen LogP contribution in [0.4, 0.5) is 0 Å². The molecule has 0 saturated heterocycles. The number of aliphatic imine (C=N–C) groups is 1. The lowest BCUT2D eigenvalue weighted by Gasteiger charge is -2.38. The SMILES string of the molecule is CCOc1cc2c(cc1OC)C(c1ccc(C#N)cc1)=NC1CCC(OC(C)=O)CC21. The van der Waals surface area contributed by atoms with Crippen molar-refractivity contribution in [2.24, 2.45) is 4.99 Å². The van der Waals surface area contributed by atoms with E-state index in [2.05, 4.69) is 12.1 Å². The Morgan fingerprint density at radius 3 is 2.61 bits per heavy atom. The molecule has 2 aromatic carbocycles. The number of ether oxygens (including phenoxy) is 3. The lowest BCUT2D eigenvalue weighted by atomic mass is 9.74. The van der Waals surface area contributed by atoms with Gasteiger partial charge < -0.3 is 14.2 Å². The largest absolute Gasteiger partial charge is 0.493 e. The van der Waals surface area contributed by atoms with Gasteiger partial charge in [0, 0.05) is 24.0 Å². The number of benzene rings is 2. The van der Waals surface area contributed by atoms with Crippen molar-refractivity contribution in [1.82, 2.24) is 0 Å². The number of nitrogens with zero attached hydrogens (tertiary/aromatic N) is 2. The molecule has 3 atom stereocenters. The zero-order valence-corrected chi connectivity index (χ0v) is 18.1. The summed E-state index contributed by atoms with van der Waals surface area (Å²) < 4.78 is 17.0. The first-order valence-corrected chi connectivity index (χ1v) is 10.6. The van der Waals surface area contributed by atoms with Crippen LogP contribution in [0, 0.1) is 11.3 Å². The average Bonchev–Trinajstić information content (AvgIpc) is 2.78. The quantitative estimate of drug-likeness (QED) is 0.673. The molecule has 0 bridgehead atoms. The van der Waals surface area contributed by atoms with Crippen LogP contribution in [0.15, 0.2) is 41.4 Å². The fourth-order valence-electron chi connectivity index (χ4n) is 4.63. The molecule has 1 aliphatic heterocycles. The second-order valence-electron chi connectivity index (χ2n) is 7.91. The van der Waals surface area contributed by atoms with Crippen LogP contribution in [0.25, 0.3) is 0 Å². The molecule has 1 fully saturated rings. The fourth-order valence-corrected chi connectivity index (χ4v) is 4.63. The van der Waals surface area contributed by atoms with Gasteiger partial charge in [-0.15, -0.1) is 0 Å². The molecule has 1 saturated carbocycles. The maximum absolute atomic E-state index is 11.5. The van der Waals surface area contributed by atoms with E-state index in [0.29, 0.717) is 23.7 Å². The third kappa shape index (κ3) is 4.13. The summed E-state index contributed by atoms with van der Waals surface area (Å²) in [6.45, 7) is 3.94. The third-order valence-electron chi connectivity index (χ3n) is 5.97. The van der Waals surface area contributed by atoms with Crippen molar-refractivity contribution in [2.75, 3.05) is 13.7 Å². The van der Waals surface area contributed by atoms with E-state index < -0.39 is 0 Å². The van der Waals surface area contributed by atoms with Crippen molar-refractivity contribution in [3.05, 3.63) is 58.7 Å². The molecule has 2 aliphatic rings. The summed E-state index contributed by atoms with van der Waals surface area (Å²) in [7, 11) is 1.63. The number of fused-ring (bicyclic) bond motifs is 3.